The fraction of sp³-hybridized carbons (Fsp3) is 0.417. The molecule has 1 aliphatic heterocycles. The monoisotopic (exact) mass is 274 g/mol. The molecule has 3 heterocycles. The molecule has 8 heteroatoms. The van der Waals surface area contributed by atoms with Gasteiger partial charge >= 0.3 is 5.97 Å². The number of hydrogen-bond acceptors (Lipinski definition) is 6. The minimum atomic E-state index is -1.06. The first-order chi connectivity index (χ1) is 9.54. The van der Waals surface area contributed by atoms with E-state index in [1.165, 1.54) is 6.20 Å². The maximum atomic E-state index is 10.8. The third-order valence-corrected chi connectivity index (χ3v) is 3.47. The van der Waals surface area contributed by atoms with E-state index in [0.29, 0.717) is 0 Å². The molecule has 0 amide bonds. The van der Waals surface area contributed by atoms with Crippen LogP contribution in [0.15, 0.2) is 12.4 Å². The van der Waals surface area contributed by atoms with E-state index in [0.717, 1.165) is 30.3 Å². The molecule has 104 valence electrons. The van der Waals surface area contributed by atoms with Crippen molar-refractivity contribution in [1.29, 1.82) is 0 Å². The van der Waals surface area contributed by atoms with Gasteiger partial charge in [0.1, 0.15) is 5.82 Å². The molecular formula is C12H14N6O2. The Morgan fingerprint density at radius 3 is 2.70 bits per heavy atom. The number of rotatable bonds is 3. The SMILES string of the molecule is Cc1ncc(N2CC(n3cc(C(=O)O)nn3)C2)nc1C. The lowest BCUT2D eigenvalue weighted by Crippen LogP contribution is -2.48. The van der Waals surface area contributed by atoms with Crippen molar-refractivity contribution in [3.63, 3.8) is 0 Å². The molecule has 2 aromatic heterocycles. The Bertz CT molecular complexity index is 662. The van der Waals surface area contributed by atoms with Gasteiger partial charge in [-0.05, 0) is 13.8 Å². The smallest absolute Gasteiger partial charge is 0.358 e. The molecule has 0 spiro atoms. The maximum absolute atomic E-state index is 10.8. The predicted octanol–water partition coefficient (Wildman–Crippen LogP) is 0.444. The second-order valence-corrected chi connectivity index (χ2v) is 4.85. The lowest BCUT2D eigenvalue weighted by molar-refractivity contribution is 0.0690. The van der Waals surface area contributed by atoms with Crippen LogP contribution in [0.3, 0.4) is 0 Å². The summed E-state index contributed by atoms with van der Waals surface area (Å²) >= 11 is 0. The molecule has 0 bridgehead atoms. The van der Waals surface area contributed by atoms with E-state index in [-0.39, 0.29) is 11.7 Å². The standard InChI is InChI=1S/C12H14N6O2/c1-7-8(2)14-11(3-13-7)17-4-9(5-17)18-6-10(12(19)20)15-16-18/h3,6,9H,4-5H2,1-2H3,(H,19,20). The van der Waals surface area contributed by atoms with Gasteiger partial charge in [-0.2, -0.15) is 0 Å². The summed E-state index contributed by atoms with van der Waals surface area (Å²) in [6.07, 6.45) is 3.21. The average Bonchev–Trinajstić information content (AvgIpc) is 2.81. The molecule has 1 fully saturated rings. The summed E-state index contributed by atoms with van der Waals surface area (Å²) in [4.78, 5) is 21.6. The third-order valence-electron chi connectivity index (χ3n) is 3.47. The van der Waals surface area contributed by atoms with Gasteiger partial charge in [-0.15, -0.1) is 5.10 Å². The number of aromatic nitrogens is 5. The summed E-state index contributed by atoms with van der Waals surface area (Å²) in [5.41, 5.74) is 1.81. The van der Waals surface area contributed by atoms with Gasteiger partial charge in [0.2, 0.25) is 0 Å². The summed E-state index contributed by atoms with van der Waals surface area (Å²) in [7, 11) is 0. The molecular weight excluding hydrogens is 260 g/mol. The number of carboxylic acids is 1. The van der Waals surface area contributed by atoms with Crippen LogP contribution in [0.1, 0.15) is 27.9 Å². The summed E-state index contributed by atoms with van der Waals surface area (Å²) in [5.74, 6) is -0.227. The van der Waals surface area contributed by atoms with Crippen LogP contribution in [0.5, 0.6) is 0 Å². The van der Waals surface area contributed by atoms with Crippen LogP contribution < -0.4 is 4.90 Å². The van der Waals surface area contributed by atoms with Crippen molar-refractivity contribution in [2.24, 2.45) is 0 Å². The summed E-state index contributed by atoms with van der Waals surface area (Å²) in [6, 6.07) is 0.124. The van der Waals surface area contributed by atoms with Gasteiger partial charge < -0.3 is 10.0 Å². The Kier molecular flexibility index (Phi) is 2.85. The number of aromatic carboxylic acids is 1. The van der Waals surface area contributed by atoms with Gasteiger partial charge in [0.25, 0.3) is 0 Å². The lowest BCUT2D eigenvalue weighted by Gasteiger charge is -2.39. The number of aryl methyl sites for hydroxylation is 2. The molecule has 3 rings (SSSR count). The molecule has 0 aliphatic carbocycles. The summed E-state index contributed by atoms with van der Waals surface area (Å²) in [5, 5.41) is 16.3. The number of hydrogen-bond donors (Lipinski definition) is 1. The fourth-order valence-corrected chi connectivity index (χ4v) is 2.04. The quantitative estimate of drug-likeness (QED) is 0.867. The highest BCUT2D eigenvalue weighted by Gasteiger charge is 2.31. The highest BCUT2D eigenvalue weighted by atomic mass is 16.4. The van der Waals surface area contributed by atoms with Crippen LogP contribution in [0, 0.1) is 13.8 Å². The van der Waals surface area contributed by atoms with Gasteiger partial charge in [0, 0.05) is 13.1 Å². The molecule has 1 N–H and O–H groups in total. The fourth-order valence-electron chi connectivity index (χ4n) is 2.04. The van der Waals surface area contributed by atoms with Crippen molar-refractivity contribution in [2.45, 2.75) is 19.9 Å². The normalized spacial score (nSPS) is 15.2. The lowest BCUT2D eigenvalue weighted by atomic mass is 10.1. The van der Waals surface area contributed by atoms with Crippen LogP contribution >= 0.6 is 0 Å². The van der Waals surface area contributed by atoms with Crippen LogP contribution in [0.25, 0.3) is 0 Å². The third kappa shape index (κ3) is 2.09. The predicted molar refractivity (Wildman–Crippen MR) is 69.7 cm³/mol. The second kappa shape index (κ2) is 4.55. The largest absolute Gasteiger partial charge is 0.476 e. The first-order valence-electron chi connectivity index (χ1n) is 6.25. The van der Waals surface area contributed by atoms with Crippen molar-refractivity contribution >= 4 is 11.8 Å². The summed E-state index contributed by atoms with van der Waals surface area (Å²) < 4.78 is 1.59. The van der Waals surface area contributed by atoms with Gasteiger partial charge in [-0.1, -0.05) is 5.21 Å². The molecule has 1 aliphatic rings. The van der Waals surface area contributed by atoms with Gasteiger partial charge in [0.05, 0.1) is 29.8 Å². The van der Waals surface area contributed by atoms with Crippen LogP contribution in [0.4, 0.5) is 5.82 Å². The highest BCUT2D eigenvalue weighted by Crippen LogP contribution is 2.25. The molecule has 0 saturated carbocycles. The zero-order valence-electron chi connectivity index (χ0n) is 11.2. The van der Waals surface area contributed by atoms with E-state index in [9.17, 15) is 4.79 Å². The van der Waals surface area contributed by atoms with E-state index < -0.39 is 5.97 Å². The van der Waals surface area contributed by atoms with Gasteiger partial charge in [-0.25, -0.2) is 14.5 Å². The molecule has 0 aromatic carbocycles. The topological polar surface area (TPSA) is 97.0 Å². The van der Waals surface area contributed by atoms with E-state index in [1.807, 2.05) is 13.8 Å². The molecule has 0 unspecified atom stereocenters. The van der Waals surface area contributed by atoms with Crippen molar-refractivity contribution in [3.05, 3.63) is 29.5 Å². The molecule has 8 nitrogen and oxygen atoms in total. The zero-order chi connectivity index (χ0) is 14.3. The highest BCUT2D eigenvalue weighted by molar-refractivity contribution is 5.84. The Balaban J connectivity index is 1.68. The minimum Gasteiger partial charge on any atom is -0.476 e. The van der Waals surface area contributed by atoms with E-state index in [4.69, 9.17) is 5.11 Å². The summed E-state index contributed by atoms with van der Waals surface area (Å²) in [6.45, 7) is 5.30. The van der Waals surface area contributed by atoms with Gasteiger partial charge in [0.15, 0.2) is 5.69 Å². The Labute approximate surface area is 115 Å². The van der Waals surface area contributed by atoms with Crippen molar-refractivity contribution in [2.75, 3.05) is 18.0 Å². The number of carboxylic acid groups (broad SMARTS) is 1. The van der Waals surface area contributed by atoms with E-state index in [1.54, 1.807) is 10.9 Å². The van der Waals surface area contributed by atoms with E-state index >= 15 is 0 Å². The first-order valence-corrected chi connectivity index (χ1v) is 6.25. The molecule has 2 aromatic rings. The Morgan fingerprint density at radius 2 is 2.10 bits per heavy atom. The average molecular weight is 274 g/mol. The molecule has 20 heavy (non-hydrogen) atoms. The van der Waals surface area contributed by atoms with Crippen LogP contribution in [0.2, 0.25) is 0 Å². The van der Waals surface area contributed by atoms with Gasteiger partial charge in [-0.3, -0.25) is 4.98 Å². The van der Waals surface area contributed by atoms with Crippen LogP contribution in [-0.4, -0.2) is 49.1 Å². The number of nitrogens with zero attached hydrogens (tertiary/aromatic N) is 6. The minimum absolute atomic E-state index is 0.0329. The maximum Gasteiger partial charge on any atom is 0.358 e. The molecule has 0 radical (unpaired) electrons. The number of carbonyl (C=O) groups is 1. The Hall–Kier alpha value is -2.51. The van der Waals surface area contributed by atoms with E-state index in [2.05, 4.69) is 25.2 Å². The zero-order valence-corrected chi connectivity index (χ0v) is 11.2. The van der Waals surface area contributed by atoms with Crippen molar-refractivity contribution in [1.82, 2.24) is 25.0 Å². The molecule has 1 saturated heterocycles. The Morgan fingerprint density at radius 1 is 1.35 bits per heavy atom. The van der Waals surface area contributed by atoms with Crippen LogP contribution in [-0.2, 0) is 0 Å². The first kappa shape index (κ1) is 12.5. The van der Waals surface area contributed by atoms with Crippen molar-refractivity contribution in [3.8, 4) is 0 Å². The van der Waals surface area contributed by atoms with Crippen molar-refractivity contribution < 1.29 is 9.90 Å². The molecule has 0 atom stereocenters. The number of anilines is 1. The second-order valence-electron chi connectivity index (χ2n) is 4.85.